The maximum absolute atomic E-state index is 12.1. The zero-order valence-corrected chi connectivity index (χ0v) is 7.26. The van der Waals surface area contributed by atoms with Crippen molar-refractivity contribution in [3.63, 3.8) is 0 Å². The third kappa shape index (κ3) is 1.51. The van der Waals surface area contributed by atoms with Crippen molar-refractivity contribution in [2.45, 2.75) is 11.3 Å². The summed E-state index contributed by atoms with van der Waals surface area (Å²) < 4.78 is 29.1. The van der Waals surface area contributed by atoms with Crippen LogP contribution in [-0.2, 0) is 0 Å². The fourth-order valence-corrected chi connectivity index (χ4v) is 1.22. The highest BCUT2D eigenvalue weighted by atomic mass is 32.1. The lowest BCUT2D eigenvalue weighted by Crippen LogP contribution is -1.80. The Balaban J connectivity index is 2.62. The number of benzene rings is 1. The highest BCUT2D eigenvalue weighted by Gasteiger charge is 2.15. The zero-order valence-electron chi connectivity index (χ0n) is 6.37. The summed E-state index contributed by atoms with van der Waals surface area (Å²) in [6.07, 6.45) is -2.67. The van der Waals surface area contributed by atoms with E-state index >= 15 is 0 Å². The number of halogens is 2. The van der Waals surface area contributed by atoms with Crippen molar-refractivity contribution in [3.05, 3.63) is 24.1 Å². The van der Waals surface area contributed by atoms with Gasteiger partial charge in [0.25, 0.3) is 5.89 Å². The van der Waals surface area contributed by atoms with E-state index in [0.717, 1.165) is 0 Å². The Bertz CT molecular complexity index is 441. The van der Waals surface area contributed by atoms with E-state index in [9.17, 15) is 8.78 Å². The van der Waals surface area contributed by atoms with Crippen LogP contribution in [0, 0.1) is 0 Å². The van der Waals surface area contributed by atoms with Crippen LogP contribution in [0.1, 0.15) is 12.3 Å². The van der Waals surface area contributed by atoms with Gasteiger partial charge in [0, 0.05) is 4.90 Å². The molecule has 68 valence electrons. The van der Waals surface area contributed by atoms with Gasteiger partial charge in [-0.15, -0.1) is 12.6 Å². The second-order valence-corrected chi connectivity index (χ2v) is 3.02. The first-order chi connectivity index (χ1) is 6.16. The number of oxazole rings is 1. The van der Waals surface area contributed by atoms with E-state index in [1.807, 2.05) is 0 Å². The van der Waals surface area contributed by atoms with Gasteiger partial charge >= 0.3 is 6.43 Å². The number of fused-ring (bicyclic) bond motifs is 1. The average molecular weight is 201 g/mol. The number of nitrogens with zero attached hydrogens (tertiary/aromatic N) is 1. The first-order valence-electron chi connectivity index (χ1n) is 3.54. The Morgan fingerprint density at radius 3 is 2.85 bits per heavy atom. The summed E-state index contributed by atoms with van der Waals surface area (Å²) in [5.74, 6) is -0.547. The van der Waals surface area contributed by atoms with Gasteiger partial charge < -0.3 is 4.42 Å². The highest BCUT2D eigenvalue weighted by molar-refractivity contribution is 7.80. The summed E-state index contributed by atoms with van der Waals surface area (Å²) >= 11 is 4.05. The first kappa shape index (κ1) is 8.50. The molecule has 0 atom stereocenters. The smallest absolute Gasteiger partial charge is 0.313 e. The molecule has 1 aromatic carbocycles. The summed E-state index contributed by atoms with van der Waals surface area (Å²) in [6.45, 7) is 0. The number of hydrogen-bond donors (Lipinski definition) is 1. The average Bonchev–Trinajstić information content (AvgIpc) is 2.46. The first-order valence-corrected chi connectivity index (χ1v) is 3.99. The second kappa shape index (κ2) is 2.99. The van der Waals surface area contributed by atoms with Crippen molar-refractivity contribution in [2.24, 2.45) is 0 Å². The normalized spacial score (nSPS) is 11.4. The van der Waals surface area contributed by atoms with Crippen LogP contribution >= 0.6 is 12.6 Å². The third-order valence-electron chi connectivity index (χ3n) is 1.57. The Hall–Kier alpha value is -1.10. The summed E-state index contributed by atoms with van der Waals surface area (Å²) in [6, 6.07) is 4.80. The molecule has 2 rings (SSSR count). The minimum Gasteiger partial charge on any atom is -0.435 e. The topological polar surface area (TPSA) is 26.0 Å². The standard InChI is InChI=1S/C8H5F2NOS/c9-7(10)8-11-5-3-4(13)1-2-6(5)12-8/h1-3,7,13H. The molecule has 0 saturated carbocycles. The maximum atomic E-state index is 12.1. The lowest BCUT2D eigenvalue weighted by atomic mass is 10.3. The van der Waals surface area contributed by atoms with Crippen molar-refractivity contribution in [1.29, 1.82) is 0 Å². The molecule has 0 saturated heterocycles. The summed E-state index contributed by atoms with van der Waals surface area (Å²) in [7, 11) is 0. The largest absolute Gasteiger partial charge is 0.435 e. The number of hydrogen-bond acceptors (Lipinski definition) is 3. The third-order valence-corrected chi connectivity index (χ3v) is 1.85. The summed E-state index contributed by atoms with van der Waals surface area (Å²) in [4.78, 5) is 4.28. The van der Waals surface area contributed by atoms with Crippen LogP contribution in [0.3, 0.4) is 0 Å². The van der Waals surface area contributed by atoms with Crippen LogP contribution in [-0.4, -0.2) is 4.98 Å². The number of alkyl halides is 2. The molecule has 2 nitrogen and oxygen atoms in total. The van der Waals surface area contributed by atoms with E-state index in [2.05, 4.69) is 17.6 Å². The lowest BCUT2D eigenvalue weighted by Gasteiger charge is -1.87. The van der Waals surface area contributed by atoms with Crippen molar-refractivity contribution in [3.8, 4) is 0 Å². The van der Waals surface area contributed by atoms with E-state index in [1.165, 1.54) is 0 Å². The SMILES string of the molecule is FC(F)c1nc2cc(S)ccc2o1. The van der Waals surface area contributed by atoms with Crippen molar-refractivity contribution in [1.82, 2.24) is 4.98 Å². The van der Waals surface area contributed by atoms with E-state index in [-0.39, 0.29) is 0 Å². The Kier molecular flexibility index (Phi) is 1.95. The molecule has 2 aromatic rings. The predicted molar refractivity (Wildman–Crippen MR) is 46.2 cm³/mol. The molecule has 0 fully saturated rings. The molecule has 1 heterocycles. The molecule has 13 heavy (non-hydrogen) atoms. The molecule has 0 bridgehead atoms. The van der Waals surface area contributed by atoms with E-state index in [1.54, 1.807) is 18.2 Å². The van der Waals surface area contributed by atoms with Crippen molar-refractivity contribution in [2.75, 3.05) is 0 Å². The van der Waals surface area contributed by atoms with Gasteiger partial charge in [-0.3, -0.25) is 0 Å². The molecule has 0 N–H and O–H groups in total. The predicted octanol–water partition coefficient (Wildman–Crippen LogP) is 3.05. The van der Waals surface area contributed by atoms with Gasteiger partial charge in [-0.05, 0) is 18.2 Å². The number of rotatable bonds is 1. The van der Waals surface area contributed by atoms with Crippen LogP contribution in [0.4, 0.5) is 8.78 Å². The van der Waals surface area contributed by atoms with E-state index in [4.69, 9.17) is 4.42 Å². The zero-order chi connectivity index (χ0) is 9.42. The Morgan fingerprint density at radius 1 is 1.38 bits per heavy atom. The quantitative estimate of drug-likeness (QED) is 0.717. The highest BCUT2D eigenvalue weighted by Crippen LogP contribution is 2.24. The molecular formula is C8H5F2NOS. The van der Waals surface area contributed by atoms with Crippen molar-refractivity contribution < 1.29 is 13.2 Å². The van der Waals surface area contributed by atoms with E-state index < -0.39 is 12.3 Å². The second-order valence-electron chi connectivity index (χ2n) is 2.50. The minimum atomic E-state index is -2.67. The van der Waals surface area contributed by atoms with Gasteiger partial charge in [-0.1, -0.05) is 0 Å². The van der Waals surface area contributed by atoms with Gasteiger partial charge in [0.2, 0.25) is 0 Å². The minimum absolute atomic E-state index is 0.355. The molecule has 0 aliphatic heterocycles. The number of thiol groups is 1. The Labute approximate surface area is 78.0 Å². The van der Waals surface area contributed by atoms with Crippen LogP contribution in [0.25, 0.3) is 11.1 Å². The molecular weight excluding hydrogens is 196 g/mol. The van der Waals surface area contributed by atoms with Gasteiger partial charge in [0.15, 0.2) is 5.58 Å². The van der Waals surface area contributed by atoms with Crippen LogP contribution in [0.15, 0.2) is 27.5 Å². The molecule has 0 aliphatic rings. The van der Waals surface area contributed by atoms with Gasteiger partial charge in [-0.25, -0.2) is 4.98 Å². The molecule has 1 aromatic heterocycles. The molecule has 5 heteroatoms. The molecule has 0 unspecified atom stereocenters. The van der Waals surface area contributed by atoms with Crippen LogP contribution in [0.5, 0.6) is 0 Å². The van der Waals surface area contributed by atoms with Crippen LogP contribution < -0.4 is 0 Å². The monoisotopic (exact) mass is 201 g/mol. The van der Waals surface area contributed by atoms with Crippen LogP contribution in [0.2, 0.25) is 0 Å². The molecule has 0 amide bonds. The molecule has 0 radical (unpaired) electrons. The lowest BCUT2D eigenvalue weighted by molar-refractivity contribution is 0.117. The maximum Gasteiger partial charge on any atom is 0.313 e. The summed E-state index contributed by atoms with van der Waals surface area (Å²) in [5.41, 5.74) is 0.760. The summed E-state index contributed by atoms with van der Waals surface area (Å²) in [5, 5.41) is 0. The van der Waals surface area contributed by atoms with Crippen molar-refractivity contribution >= 4 is 23.7 Å². The number of aromatic nitrogens is 1. The Morgan fingerprint density at radius 2 is 2.15 bits per heavy atom. The van der Waals surface area contributed by atoms with E-state index in [0.29, 0.717) is 16.0 Å². The fraction of sp³-hybridized carbons (Fsp3) is 0.125. The van der Waals surface area contributed by atoms with Gasteiger partial charge in [0.05, 0.1) is 0 Å². The molecule has 0 spiro atoms. The fourth-order valence-electron chi connectivity index (χ4n) is 1.03. The van der Waals surface area contributed by atoms with Gasteiger partial charge in [0.1, 0.15) is 5.52 Å². The molecule has 0 aliphatic carbocycles. The van der Waals surface area contributed by atoms with Gasteiger partial charge in [-0.2, -0.15) is 8.78 Å².